The maximum atomic E-state index is 14.9. The highest BCUT2D eigenvalue weighted by Gasteiger charge is 2.18. The van der Waals surface area contributed by atoms with Gasteiger partial charge in [0.25, 0.3) is 0 Å². The van der Waals surface area contributed by atoms with E-state index in [2.05, 4.69) is 44.0 Å². The van der Waals surface area contributed by atoms with Crippen LogP contribution in [0.25, 0.3) is 44.0 Å². The van der Waals surface area contributed by atoms with Gasteiger partial charge in [0.05, 0.1) is 11.9 Å². The summed E-state index contributed by atoms with van der Waals surface area (Å²) >= 11 is 0. The Morgan fingerprint density at radius 1 is 0.966 bits per heavy atom. The molecular formula is C26H22FNO. The number of hydrogen-bond acceptors (Lipinski definition) is 2. The second-order valence-corrected chi connectivity index (χ2v) is 8.18. The number of benzene rings is 3. The number of fused-ring (bicyclic) bond motifs is 4. The first-order chi connectivity index (χ1) is 14.0. The third-order valence-corrected chi connectivity index (χ3v) is 5.46. The van der Waals surface area contributed by atoms with Gasteiger partial charge in [-0.05, 0) is 48.6 Å². The monoisotopic (exact) mass is 383 g/mol. The van der Waals surface area contributed by atoms with Gasteiger partial charge in [-0.15, -0.1) is 0 Å². The number of pyridine rings is 1. The molecular weight excluding hydrogens is 361 g/mol. The Morgan fingerprint density at radius 3 is 2.59 bits per heavy atom. The summed E-state index contributed by atoms with van der Waals surface area (Å²) in [7, 11) is 0. The summed E-state index contributed by atoms with van der Waals surface area (Å²) in [6.07, 6.45) is 2.17. The maximum absolute atomic E-state index is 14.9. The minimum absolute atomic E-state index is 0.270. The molecule has 2 heterocycles. The summed E-state index contributed by atoms with van der Waals surface area (Å²) in [4.78, 5) is 4.52. The molecule has 0 aliphatic rings. The van der Waals surface area contributed by atoms with Crippen LogP contribution in [0.15, 0.2) is 65.2 Å². The molecule has 0 fully saturated rings. The summed E-state index contributed by atoms with van der Waals surface area (Å²) in [5.41, 5.74) is 5.46. The number of furan rings is 1. The van der Waals surface area contributed by atoms with Gasteiger partial charge < -0.3 is 4.42 Å². The Bertz CT molecular complexity index is 1380. The predicted molar refractivity (Wildman–Crippen MR) is 118 cm³/mol. The van der Waals surface area contributed by atoms with Crippen LogP contribution < -0.4 is 0 Å². The van der Waals surface area contributed by atoms with Crippen molar-refractivity contribution in [2.45, 2.75) is 27.2 Å². The maximum Gasteiger partial charge on any atom is 0.149 e. The Morgan fingerprint density at radius 2 is 1.76 bits per heavy atom. The SMILES string of the molecule is Cc1cc(-c2ncc(F)c3c(CC(C)C)cccc23)c2oc3ccccc3c2c1. The fourth-order valence-corrected chi connectivity index (χ4v) is 4.31. The van der Waals surface area contributed by atoms with Crippen LogP contribution in [-0.4, -0.2) is 4.98 Å². The average molecular weight is 383 g/mol. The predicted octanol–water partition coefficient (Wildman–Crippen LogP) is 7.45. The molecule has 0 saturated heterocycles. The van der Waals surface area contributed by atoms with E-state index in [-0.39, 0.29) is 5.82 Å². The minimum Gasteiger partial charge on any atom is -0.455 e. The van der Waals surface area contributed by atoms with Gasteiger partial charge in [0.2, 0.25) is 0 Å². The van der Waals surface area contributed by atoms with Crippen LogP contribution in [0.1, 0.15) is 25.0 Å². The number of aromatic nitrogens is 1. The summed E-state index contributed by atoms with van der Waals surface area (Å²) in [6, 6.07) is 18.2. The number of rotatable bonds is 3. The van der Waals surface area contributed by atoms with Crippen LogP contribution in [0.2, 0.25) is 0 Å². The molecule has 0 N–H and O–H groups in total. The molecule has 0 amide bonds. The van der Waals surface area contributed by atoms with Crippen LogP contribution in [0.5, 0.6) is 0 Å². The molecule has 0 aliphatic heterocycles. The molecule has 0 aliphatic carbocycles. The third-order valence-electron chi connectivity index (χ3n) is 5.46. The first kappa shape index (κ1) is 17.9. The fourth-order valence-electron chi connectivity index (χ4n) is 4.31. The van der Waals surface area contributed by atoms with Crippen molar-refractivity contribution in [1.82, 2.24) is 4.98 Å². The molecule has 29 heavy (non-hydrogen) atoms. The zero-order chi connectivity index (χ0) is 20.1. The summed E-state index contributed by atoms with van der Waals surface area (Å²) < 4.78 is 21.1. The lowest BCUT2D eigenvalue weighted by molar-refractivity contribution is 0.624. The topological polar surface area (TPSA) is 26.0 Å². The number of aryl methyl sites for hydroxylation is 1. The molecule has 2 aromatic heterocycles. The first-order valence-electron chi connectivity index (χ1n) is 10.0. The van der Waals surface area contributed by atoms with E-state index in [4.69, 9.17) is 4.42 Å². The van der Waals surface area contributed by atoms with E-state index >= 15 is 0 Å². The smallest absolute Gasteiger partial charge is 0.149 e. The number of halogens is 1. The van der Waals surface area contributed by atoms with Gasteiger partial charge in [0.1, 0.15) is 17.0 Å². The Hall–Kier alpha value is -3.20. The second-order valence-electron chi connectivity index (χ2n) is 8.18. The van der Waals surface area contributed by atoms with Crippen LogP contribution in [-0.2, 0) is 6.42 Å². The standard InChI is InChI=1S/C26H22FNO/c1-15(2)11-17-7-6-9-19-24(17)22(27)14-28-25(19)21-13-16(3)12-20-18-8-4-5-10-23(18)29-26(20)21/h4-10,12-15H,11H2,1-3H3. The molecule has 5 aromatic rings. The van der Waals surface area contributed by atoms with Crippen molar-refractivity contribution in [3.05, 3.63) is 77.7 Å². The van der Waals surface area contributed by atoms with Crippen molar-refractivity contribution in [2.24, 2.45) is 5.92 Å². The van der Waals surface area contributed by atoms with E-state index in [1.54, 1.807) is 0 Å². The highest BCUT2D eigenvalue weighted by atomic mass is 19.1. The zero-order valence-corrected chi connectivity index (χ0v) is 16.8. The van der Waals surface area contributed by atoms with E-state index < -0.39 is 0 Å². The van der Waals surface area contributed by atoms with Gasteiger partial charge in [-0.2, -0.15) is 0 Å². The van der Waals surface area contributed by atoms with Crippen molar-refractivity contribution < 1.29 is 8.81 Å². The Labute approximate surface area is 169 Å². The van der Waals surface area contributed by atoms with Crippen molar-refractivity contribution in [3.8, 4) is 11.3 Å². The molecule has 0 unspecified atom stereocenters. The molecule has 0 bridgehead atoms. The highest BCUT2D eigenvalue weighted by Crippen LogP contribution is 2.39. The zero-order valence-electron chi connectivity index (χ0n) is 16.8. The van der Waals surface area contributed by atoms with E-state index in [9.17, 15) is 4.39 Å². The Balaban J connectivity index is 1.87. The molecule has 2 nitrogen and oxygen atoms in total. The third kappa shape index (κ3) is 2.89. The van der Waals surface area contributed by atoms with E-state index in [0.29, 0.717) is 11.3 Å². The Kier molecular flexibility index (Phi) is 4.13. The number of hydrogen-bond donors (Lipinski definition) is 0. The second kappa shape index (κ2) is 6.70. The fraction of sp³-hybridized carbons (Fsp3) is 0.192. The van der Waals surface area contributed by atoms with Gasteiger partial charge in [-0.25, -0.2) is 4.39 Å². The largest absolute Gasteiger partial charge is 0.455 e. The molecule has 0 spiro atoms. The van der Waals surface area contributed by atoms with Gasteiger partial charge in [-0.3, -0.25) is 4.98 Å². The summed E-state index contributed by atoms with van der Waals surface area (Å²) in [5, 5.41) is 3.64. The van der Waals surface area contributed by atoms with E-state index in [1.807, 2.05) is 36.4 Å². The summed E-state index contributed by atoms with van der Waals surface area (Å²) in [6.45, 7) is 6.37. The number of nitrogens with zero attached hydrogens (tertiary/aromatic N) is 1. The average Bonchev–Trinajstić information content (AvgIpc) is 3.06. The summed E-state index contributed by atoms with van der Waals surface area (Å²) in [5.74, 6) is 0.172. The normalized spacial score (nSPS) is 11.9. The van der Waals surface area contributed by atoms with E-state index in [0.717, 1.165) is 56.1 Å². The molecule has 0 atom stereocenters. The molecule has 144 valence electrons. The van der Waals surface area contributed by atoms with Crippen LogP contribution >= 0.6 is 0 Å². The lowest BCUT2D eigenvalue weighted by Gasteiger charge is -2.13. The van der Waals surface area contributed by atoms with Crippen LogP contribution in [0.4, 0.5) is 4.39 Å². The van der Waals surface area contributed by atoms with Crippen LogP contribution in [0.3, 0.4) is 0 Å². The first-order valence-corrected chi connectivity index (χ1v) is 10.0. The molecule has 3 heteroatoms. The van der Waals surface area contributed by atoms with Crippen molar-refractivity contribution in [3.63, 3.8) is 0 Å². The van der Waals surface area contributed by atoms with Crippen molar-refractivity contribution in [1.29, 1.82) is 0 Å². The lowest BCUT2D eigenvalue weighted by atomic mass is 9.94. The lowest BCUT2D eigenvalue weighted by Crippen LogP contribution is -1.99. The van der Waals surface area contributed by atoms with Crippen molar-refractivity contribution in [2.75, 3.05) is 0 Å². The van der Waals surface area contributed by atoms with Gasteiger partial charge in [0, 0.05) is 27.1 Å². The molecule has 5 rings (SSSR count). The number of para-hydroxylation sites is 1. The van der Waals surface area contributed by atoms with Crippen molar-refractivity contribution >= 4 is 32.7 Å². The minimum atomic E-state index is -0.270. The van der Waals surface area contributed by atoms with Gasteiger partial charge >= 0.3 is 0 Å². The van der Waals surface area contributed by atoms with Gasteiger partial charge in [-0.1, -0.05) is 50.2 Å². The quantitative estimate of drug-likeness (QED) is 0.323. The van der Waals surface area contributed by atoms with E-state index in [1.165, 1.54) is 6.20 Å². The highest BCUT2D eigenvalue weighted by molar-refractivity contribution is 6.12. The molecule has 0 saturated carbocycles. The molecule has 3 aromatic carbocycles. The van der Waals surface area contributed by atoms with Gasteiger partial charge in [0.15, 0.2) is 0 Å². The van der Waals surface area contributed by atoms with Crippen LogP contribution in [0, 0.1) is 18.7 Å². The molecule has 0 radical (unpaired) electrons.